The predicted octanol–water partition coefficient (Wildman–Crippen LogP) is 1.59. The van der Waals surface area contributed by atoms with Crippen LogP contribution in [0, 0.1) is 0 Å². The van der Waals surface area contributed by atoms with Crippen LogP contribution in [0.2, 0.25) is 0 Å². The van der Waals surface area contributed by atoms with Gasteiger partial charge >= 0.3 is 5.97 Å². The highest BCUT2D eigenvalue weighted by atomic mass is 32.2. The second-order valence-electron chi connectivity index (χ2n) is 4.94. The van der Waals surface area contributed by atoms with Crippen LogP contribution >= 0.6 is 11.8 Å². The van der Waals surface area contributed by atoms with Crippen molar-refractivity contribution in [3.63, 3.8) is 0 Å². The van der Waals surface area contributed by atoms with Gasteiger partial charge in [0.2, 0.25) is 0 Å². The maximum absolute atomic E-state index is 12.0. The summed E-state index contributed by atoms with van der Waals surface area (Å²) < 4.78 is 6.77. The molecule has 0 bridgehead atoms. The van der Waals surface area contributed by atoms with E-state index in [2.05, 4.69) is 10.4 Å². The lowest BCUT2D eigenvalue weighted by atomic mass is 9.98. The van der Waals surface area contributed by atoms with Gasteiger partial charge in [-0.15, -0.1) is 11.8 Å². The Kier molecular flexibility index (Phi) is 4.52. The number of ether oxygens (including phenoxy) is 1. The molecule has 0 spiro atoms. The fourth-order valence-corrected chi connectivity index (χ4v) is 4.01. The normalized spacial score (nSPS) is 26.6. The first-order chi connectivity index (χ1) is 9.09. The summed E-state index contributed by atoms with van der Waals surface area (Å²) in [4.78, 5) is 13.2. The third-order valence-electron chi connectivity index (χ3n) is 3.54. The van der Waals surface area contributed by atoms with Gasteiger partial charge in [0.25, 0.3) is 0 Å². The van der Waals surface area contributed by atoms with Gasteiger partial charge in [-0.3, -0.25) is 9.48 Å². The standard InChI is InChI=1S/C13H21N3O2S/c1-4-14-13(12(17)18-3)6-5-10(7-13)19-11-8-15-16(2)9-11/h8-10,14H,4-7H2,1-3H3. The molecular weight excluding hydrogens is 262 g/mol. The molecule has 1 aromatic heterocycles. The molecule has 1 aliphatic rings. The van der Waals surface area contributed by atoms with Gasteiger partial charge in [-0.05, 0) is 25.8 Å². The van der Waals surface area contributed by atoms with Crippen molar-refractivity contribution in [2.45, 2.75) is 41.9 Å². The number of rotatable bonds is 5. The van der Waals surface area contributed by atoms with Gasteiger partial charge in [0.05, 0.1) is 13.3 Å². The average Bonchev–Trinajstić information content (AvgIpc) is 2.97. The third-order valence-corrected chi connectivity index (χ3v) is 4.76. The molecule has 1 aromatic rings. The van der Waals surface area contributed by atoms with Crippen LogP contribution in [-0.4, -0.2) is 40.2 Å². The zero-order valence-corrected chi connectivity index (χ0v) is 12.5. The molecule has 19 heavy (non-hydrogen) atoms. The number of hydrogen-bond donors (Lipinski definition) is 1. The first-order valence-electron chi connectivity index (χ1n) is 6.58. The predicted molar refractivity (Wildman–Crippen MR) is 75.1 cm³/mol. The van der Waals surface area contributed by atoms with Gasteiger partial charge in [0.1, 0.15) is 5.54 Å². The fourth-order valence-electron chi connectivity index (χ4n) is 2.70. The summed E-state index contributed by atoms with van der Waals surface area (Å²) in [5.41, 5.74) is -0.497. The SMILES string of the molecule is CCNC1(C(=O)OC)CCC(Sc2cnn(C)c2)C1. The Morgan fingerprint density at radius 3 is 3.11 bits per heavy atom. The van der Waals surface area contributed by atoms with Crippen molar-refractivity contribution >= 4 is 17.7 Å². The van der Waals surface area contributed by atoms with Gasteiger partial charge in [-0.25, -0.2) is 0 Å². The molecule has 1 aliphatic carbocycles. The van der Waals surface area contributed by atoms with Gasteiger partial charge < -0.3 is 10.1 Å². The lowest BCUT2D eigenvalue weighted by molar-refractivity contribution is -0.148. The summed E-state index contributed by atoms with van der Waals surface area (Å²) in [5, 5.41) is 7.92. The van der Waals surface area contributed by atoms with E-state index in [0.29, 0.717) is 5.25 Å². The van der Waals surface area contributed by atoms with E-state index in [9.17, 15) is 4.79 Å². The molecule has 2 unspecified atom stereocenters. The summed E-state index contributed by atoms with van der Waals surface area (Å²) in [6, 6.07) is 0. The number of likely N-dealkylation sites (N-methyl/N-ethyl adjacent to an activating group) is 1. The van der Waals surface area contributed by atoms with Crippen molar-refractivity contribution in [2.24, 2.45) is 7.05 Å². The van der Waals surface area contributed by atoms with Crippen LogP contribution in [0.25, 0.3) is 0 Å². The lowest BCUT2D eigenvalue weighted by Crippen LogP contribution is -2.50. The Morgan fingerprint density at radius 1 is 1.74 bits per heavy atom. The van der Waals surface area contributed by atoms with E-state index < -0.39 is 5.54 Å². The summed E-state index contributed by atoms with van der Waals surface area (Å²) in [6.45, 7) is 2.80. The average molecular weight is 283 g/mol. The summed E-state index contributed by atoms with van der Waals surface area (Å²) in [5.74, 6) is -0.136. The maximum atomic E-state index is 12.0. The lowest BCUT2D eigenvalue weighted by Gasteiger charge is -2.27. The number of aromatic nitrogens is 2. The molecule has 1 heterocycles. The smallest absolute Gasteiger partial charge is 0.326 e. The van der Waals surface area contributed by atoms with Crippen LogP contribution < -0.4 is 5.32 Å². The number of carbonyl (C=O) groups excluding carboxylic acids is 1. The Bertz CT molecular complexity index is 449. The fraction of sp³-hybridized carbons (Fsp3) is 0.692. The van der Waals surface area contributed by atoms with Gasteiger partial charge in [-0.2, -0.15) is 5.10 Å². The number of esters is 1. The van der Waals surface area contributed by atoms with E-state index in [4.69, 9.17) is 4.74 Å². The van der Waals surface area contributed by atoms with E-state index in [1.54, 1.807) is 16.4 Å². The van der Waals surface area contributed by atoms with Crippen LogP contribution in [0.3, 0.4) is 0 Å². The highest BCUT2D eigenvalue weighted by molar-refractivity contribution is 8.00. The minimum Gasteiger partial charge on any atom is -0.468 e. The van der Waals surface area contributed by atoms with Crippen LogP contribution in [0.5, 0.6) is 0 Å². The first-order valence-corrected chi connectivity index (χ1v) is 7.46. The molecule has 6 heteroatoms. The molecule has 2 rings (SSSR count). The number of nitrogens with one attached hydrogen (secondary N) is 1. The third kappa shape index (κ3) is 3.12. The number of thioether (sulfide) groups is 1. The zero-order chi connectivity index (χ0) is 13.9. The van der Waals surface area contributed by atoms with Crippen LogP contribution in [0.1, 0.15) is 26.2 Å². The summed E-state index contributed by atoms with van der Waals surface area (Å²) >= 11 is 1.80. The quantitative estimate of drug-likeness (QED) is 0.832. The zero-order valence-electron chi connectivity index (χ0n) is 11.7. The molecule has 0 amide bonds. The molecule has 1 N–H and O–H groups in total. The monoisotopic (exact) mass is 283 g/mol. The molecule has 0 radical (unpaired) electrons. The van der Waals surface area contributed by atoms with Crippen LogP contribution in [-0.2, 0) is 16.6 Å². The minimum atomic E-state index is -0.497. The molecule has 0 aliphatic heterocycles. The largest absolute Gasteiger partial charge is 0.468 e. The van der Waals surface area contributed by atoms with Crippen molar-refractivity contribution in [1.82, 2.24) is 15.1 Å². The van der Waals surface area contributed by atoms with E-state index in [1.165, 1.54) is 7.11 Å². The van der Waals surface area contributed by atoms with Crippen molar-refractivity contribution in [2.75, 3.05) is 13.7 Å². The van der Waals surface area contributed by atoms with Crippen molar-refractivity contribution in [3.8, 4) is 0 Å². The summed E-state index contributed by atoms with van der Waals surface area (Å²) in [6.07, 6.45) is 6.55. The molecule has 1 saturated carbocycles. The van der Waals surface area contributed by atoms with Gasteiger partial charge in [-0.1, -0.05) is 6.92 Å². The van der Waals surface area contributed by atoms with Crippen LogP contribution in [0.15, 0.2) is 17.3 Å². The van der Waals surface area contributed by atoms with Crippen LogP contribution in [0.4, 0.5) is 0 Å². The second-order valence-corrected chi connectivity index (χ2v) is 6.31. The van der Waals surface area contributed by atoms with Gasteiger partial charge in [0.15, 0.2) is 0 Å². The minimum absolute atomic E-state index is 0.136. The number of carbonyl (C=O) groups is 1. The number of methoxy groups -OCH3 is 1. The number of nitrogens with zero attached hydrogens (tertiary/aromatic N) is 2. The second kappa shape index (κ2) is 5.96. The Labute approximate surface area is 118 Å². The Hall–Kier alpha value is -1.01. The van der Waals surface area contributed by atoms with Crippen molar-refractivity contribution < 1.29 is 9.53 Å². The Balaban J connectivity index is 2.02. The molecule has 1 fully saturated rings. The number of aryl methyl sites for hydroxylation is 1. The first kappa shape index (κ1) is 14.4. The molecule has 106 valence electrons. The molecule has 2 atom stereocenters. The summed E-state index contributed by atoms with van der Waals surface area (Å²) in [7, 11) is 3.37. The Morgan fingerprint density at radius 2 is 2.53 bits per heavy atom. The van der Waals surface area contributed by atoms with E-state index in [1.807, 2.05) is 26.4 Å². The maximum Gasteiger partial charge on any atom is 0.326 e. The highest BCUT2D eigenvalue weighted by Crippen LogP contribution is 2.40. The van der Waals surface area contributed by atoms with E-state index >= 15 is 0 Å². The van der Waals surface area contributed by atoms with Crippen molar-refractivity contribution in [3.05, 3.63) is 12.4 Å². The highest BCUT2D eigenvalue weighted by Gasteiger charge is 2.45. The van der Waals surface area contributed by atoms with E-state index in [0.717, 1.165) is 30.7 Å². The van der Waals surface area contributed by atoms with Crippen molar-refractivity contribution in [1.29, 1.82) is 0 Å². The molecule has 0 saturated heterocycles. The topological polar surface area (TPSA) is 56.1 Å². The molecule has 5 nitrogen and oxygen atoms in total. The molecular formula is C13H21N3O2S. The molecule has 0 aromatic carbocycles. The number of hydrogen-bond acceptors (Lipinski definition) is 5. The van der Waals surface area contributed by atoms with E-state index in [-0.39, 0.29) is 5.97 Å². The van der Waals surface area contributed by atoms with Gasteiger partial charge in [0, 0.05) is 23.4 Å².